The number of benzene rings is 2. The number of halogens is 4. The number of alkyl halides is 3. The van der Waals surface area contributed by atoms with Gasteiger partial charge in [0, 0.05) is 5.02 Å². The molecule has 130 valence electrons. The van der Waals surface area contributed by atoms with E-state index in [-0.39, 0.29) is 17.5 Å². The molecule has 1 atom stereocenters. The smallest absolute Gasteiger partial charge is 0.387 e. The molecule has 2 aromatic carbocycles. The van der Waals surface area contributed by atoms with Crippen molar-refractivity contribution in [2.75, 3.05) is 0 Å². The van der Waals surface area contributed by atoms with Gasteiger partial charge in [-0.1, -0.05) is 23.7 Å². The number of hydrogen-bond donors (Lipinski definition) is 1. The van der Waals surface area contributed by atoms with Gasteiger partial charge in [0.15, 0.2) is 0 Å². The Morgan fingerprint density at radius 1 is 1.20 bits per heavy atom. The summed E-state index contributed by atoms with van der Waals surface area (Å²) in [6.07, 6.45) is -4.55. The molecule has 1 unspecified atom stereocenters. The quantitative estimate of drug-likeness (QED) is 0.765. The van der Waals surface area contributed by atoms with Gasteiger partial charge in [0.2, 0.25) is 0 Å². The van der Waals surface area contributed by atoms with E-state index in [1.54, 1.807) is 12.1 Å². The monoisotopic (exact) mass is 368 g/mol. The summed E-state index contributed by atoms with van der Waals surface area (Å²) in [6.45, 7) is -0.227. The Bertz CT molecular complexity index is 986. The van der Waals surface area contributed by atoms with E-state index in [2.05, 4.69) is 4.98 Å². The Kier molecular flexibility index (Phi) is 4.53. The highest BCUT2D eigenvalue weighted by Gasteiger charge is 2.30. The lowest BCUT2D eigenvalue weighted by atomic mass is 10.1. The molecule has 1 N–H and O–H groups in total. The molecule has 8 heteroatoms. The van der Waals surface area contributed by atoms with Crippen LogP contribution < -0.4 is 5.56 Å². The predicted octanol–water partition coefficient (Wildman–Crippen LogP) is 3.80. The van der Waals surface area contributed by atoms with E-state index in [9.17, 15) is 23.1 Å². The lowest BCUT2D eigenvalue weighted by Gasteiger charge is -2.15. The van der Waals surface area contributed by atoms with Crippen molar-refractivity contribution in [3.05, 3.63) is 75.3 Å². The number of fused-ring (bicyclic) bond motifs is 1. The standard InChI is InChI=1S/C17H12ClF3N2O2/c18-12-4-5-14-13(7-12)16(25)23(9-22-14)8-15(24)10-2-1-3-11(6-10)17(19,20)21/h1-7,9,15,24H,8H2. The maximum Gasteiger partial charge on any atom is 0.416 e. The summed E-state index contributed by atoms with van der Waals surface area (Å²) < 4.78 is 39.5. The van der Waals surface area contributed by atoms with E-state index in [0.29, 0.717) is 10.5 Å². The van der Waals surface area contributed by atoms with E-state index in [1.807, 2.05) is 0 Å². The first-order chi connectivity index (χ1) is 11.8. The van der Waals surface area contributed by atoms with E-state index in [1.165, 1.54) is 24.5 Å². The second-order valence-electron chi connectivity index (χ2n) is 5.50. The highest BCUT2D eigenvalue weighted by atomic mass is 35.5. The molecule has 0 aliphatic rings. The zero-order valence-corrected chi connectivity index (χ0v) is 13.4. The number of hydrogen-bond acceptors (Lipinski definition) is 3. The number of nitrogens with zero attached hydrogens (tertiary/aromatic N) is 2. The first-order valence-corrected chi connectivity index (χ1v) is 7.63. The lowest BCUT2D eigenvalue weighted by Crippen LogP contribution is -2.24. The van der Waals surface area contributed by atoms with E-state index in [0.717, 1.165) is 16.7 Å². The van der Waals surface area contributed by atoms with Gasteiger partial charge in [0.25, 0.3) is 5.56 Å². The molecular formula is C17H12ClF3N2O2. The molecule has 3 aromatic rings. The molecule has 4 nitrogen and oxygen atoms in total. The highest BCUT2D eigenvalue weighted by molar-refractivity contribution is 6.31. The third-order valence-corrected chi connectivity index (χ3v) is 3.99. The number of rotatable bonds is 3. The third-order valence-electron chi connectivity index (χ3n) is 3.75. The van der Waals surface area contributed by atoms with Crippen LogP contribution in [-0.2, 0) is 12.7 Å². The summed E-state index contributed by atoms with van der Waals surface area (Å²) in [7, 11) is 0. The molecule has 0 aliphatic carbocycles. The van der Waals surface area contributed by atoms with Gasteiger partial charge in [-0.2, -0.15) is 13.2 Å². The van der Waals surface area contributed by atoms with Gasteiger partial charge in [-0.15, -0.1) is 0 Å². The van der Waals surface area contributed by atoms with Crippen molar-refractivity contribution in [2.45, 2.75) is 18.8 Å². The van der Waals surface area contributed by atoms with Crippen molar-refractivity contribution in [2.24, 2.45) is 0 Å². The zero-order chi connectivity index (χ0) is 18.2. The minimum atomic E-state index is -4.51. The summed E-state index contributed by atoms with van der Waals surface area (Å²) in [5.74, 6) is 0. The van der Waals surface area contributed by atoms with Crippen LogP contribution in [0.25, 0.3) is 10.9 Å². The van der Waals surface area contributed by atoms with Crippen molar-refractivity contribution in [3.8, 4) is 0 Å². The number of aliphatic hydroxyl groups excluding tert-OH is 1. The molecule has 25 heavy (non-hydrogen) atoms. The second kappa shape index (κ2) is 6.50. The average molecular weight is 369 g/mol. The largest absolute Gasteiger partial charge is 0.416 e. The molecule has 3 rings (SSSR count). The van der Waals surface area contributed by atoms with Crippen LogP contribution in [-0.4, -0.2) is 14.7 Å². The first-order valence-electron chi connectivity index (χ1n) is 7.25. The Hall–Kier alpha value is -2.38. The molecule has 0 radical (unpaired) electrons. The van der Waals surface area contributed by atoms with E-state index < -0.39 is 23.4 Å². The molecule has 0 amide bonds. The van der Waals surface area contributed by atoms with Crippen LogP contribution in [0.3, 0.4) is 0 Å². The van der Waals surface area contributed by atoms with Gasteiger partial charge in [0.1, 0.15) is 0 Å². The SMILES string of the molecule is O=c1c2cc(Cl)ccc2ncn1CC(O)c1cccc(C(F)(F)F)c1. The van der Waals surface area contributed by atoms with Crippen LogP contribution >= 0.6 is 11.6 Å². The van der Waals surface area contributed by atoms with Crippen LogP contribution in [0.4, 0.5) is 13.2 Å². The summed E-state index contributed by atoms with van der Waals surface area (Å²) in [5, 5.41) is 10.9. The van der Waals surface area contributed by atoms with Crippen LogP contribution in [0, 0.1) is 0 Å². The Morgan fingerprint density at radius 2 is 1.96 bits per heavy atom. The van der Waals surface area contributed by atoms with Gasteiger partial charge in [-0.05, 0) is 35.9 Å². The molecule has 1 heterocycles. The average Bonchev–Trinajstić information content (AvgIpc) is 2.57. The molecule has 0 aliphatic heterocycles. The second-order valence-corrected chi connectivity index (χ2v) is 5.94. The van der Waals surface area contributed by atoms with Gasteiger partial charge in [-0.3, -0.25) is 9.36 Å². The molecule has 0 saturated heterocycles. The molecule has 0 bridgehead atoms. The summed E-state index contributed by atoms with van der Waals surface area (Å²) in [4.78, 5) is 16.5. The van der Waals surface area contributed by atoms with Gasteiger partial charge < -0.3 is 5.11 Å². The highest BCUT2D eigenvalue weighted by Crippen LogP contribution is 2.31. The van der Waals surface area contributed by atoms with Crippen LogP contribution in [0.5, 0.6) is 0 Å². The molecule has 1 aromatic heterocycles. The van der Waals surface area contributed by atoms with E-state index >= 15 is 0 Å². The Morgan fingerprint density at radius 3 is 2.68 bits per heavy atom. The normalized spacial score (nSPS) is 13.2. The van der Waals surface area contributed by atoms with Crippen molar-refractivity contribution in [3.63, 3.8) is 0 Å². The zero-order valence-electron chi connectivity index (χ0n) is 12.7. The van der Waals surface area contributed by atoms with Crippen LogP contribution in [0.1, 0.15) is 17.2 Å². The summed E-state index contributed by atoms with van der Waals surface area (Å²) in [6, 6.07) is 9.01. The predicted molar refractivity (Wildman–Crippen MR) is 87.4 cm³/mol. The van der Waals surface area contributed by atoms with Crippen LogP contribution in [0.15, 0.2) is 53.6 Å². The lowest BCUT2D eigenvalue weighted by molar-refractivity contribution is -0.137. The van der Waals surface area contributed by atoms with Gasteiger partial charge >= 0.3 is 6.18 Å². The number of aromatic nitrogens is 2. The van der Waals surface area contributed by atoms with Crippen molar-refractivity contribution < 1.29 is 18.3 Å². The minimum absolute atomic E-state index is 0.0629. The third kappa shape index (κ3) is 3.67. The van der Waals surface area contributed by atoms with Crippen molar-refractivity contribution >= 4 is 22.5 Å². The molecule has 0 saturated carbocycles. The maximum absolute atomic E-state index is 12.8. The Balaban J connectivity index is 1.94. The number of aliphatic hydroxyl groups is 1. The fourth-order valence-corrected chi connectivity index (χ4v) is 2.65. The van der Waals surface area contributed by atoms with Crippen LogP contribution in [0.2, 0.25) is 5.02 Å². The van der Waals surface area contributed by atoms with Gasteiger partial charge in [0.05, 0.1) is 35.4 Å². The topological polar surface area (TPSA) is 55.1 Å². The molecular weight excluding hydrogens is 357 g/mol. The maximum atomic E-state index is 12.8. The fraction of sp³-hybridized carbons (Fsp3) is 0.176. The van der Waals surface area contributed by atoms with Crippen molar-refractivity contribution in [1.82, 2.24) is 9.55 Å². The molecule has 0 fully saturated rings. The fourth-order valence-electron chi connectivity index (χ4n) is 2.48. The van der Waals surface area contributed by atoms with E-state index in [4.69, 9.17) is 11.6 Å². The molecule has 0 spiro atoms. The first kappa shape index (κ1) is 17.4. The Labute approximate surface area is 145 Å². The van der Waals surface area contributed by atoms with Crippen molar-refractivity contribution in [1.29, 1.82) is 0 Å². The van der Waals surface area contributed by atoms with Gasteiger partial charge in [-0.25, -0.2) is 4.98 Å². The summed E-state index contributed by atoms with van der Waals surface area (Å²) in [5.41, 5.74) is -0.787. The summed E-state index contributed by atoms with van der Waals surface area (Å²) >= 11 is 5.87. The minimum Gasteiger partial charge on any atom is -0.387 e.